The van der Waals surface area contributed by atoms with Crippen molar-refractivity contribution in [3.05, 3.63) is 65.6 Å². The highest BCUT2D eigenvalue weighted by atomic mass is 32.2. The van der Waals surface area contributed by atoms with Crippen molar-refractivity contribution < 1.29 is 26.0 Å². The zero-order valence-corrected chi connectivity index (χ0v) is 13.1. The van der Waals surface area contributed by atoms with Crippen molar-refractivity contribution in [3.63, 3.8) is 0 Å². The van der Waals surface area contributed by atoms with E-state index in [-0.39, 0.29) is 15.8 Å². The molecule has 2 aromatic carbocycles. The molecule has 0 unspecified atom stereocenters. The zero-order valence-electron chi connectivity index (χ0n) is 12.3. The SMILES string of the molecule is Cc1ccc(S(=O)(=O)n2ccc3cc(C(F)(F)F)c(F)cc32)cc1. The van der Waals surface area contributed by atoms with Gasteiger partial charge in [-0.2, -0.15) is 13.2 Å². The number of alkyl halides is 3. The molecule has 0 fully saturated rings. The monoisotopic (exact) mass is 357 g/mol. The van der Waals surface area contributed by atoms with Crippen LogP contribution in [0.2, 0.25) is 0 Å². The zero-order chi connectivity index (χ0) is 17.7. The highest BCUT2D eigenvalue weighted by molar-refractivity contribution is 7.90. The van der Waals surface area contributed by atoms with Crippen LogP contribution in [0.15, 0.2) is 53.6 Å². The van der Waals surface area contributed by atoms with Gasteiger partial charge < -0.3 is 0 Å². The van der Waals surface area contributed by atoms with Gasteiger partial charge >= 0.3 is 6.18 Å². The van der Waals surface area contributed by atoms with E-state index >= 15 is 0 Å². The Hall–Kier alpha value is -2.35. The number of nitrogens with zero attached hydrogens (tertiary/aromatic N) is 1. The van der Waals surface area contributed by atoms with Gasteiger partial charge in [0, 0.05) is 11.6 Å². The number of benzene rings is 2. The number of fused-ring (bicyclic) bond motifs is 1. The fourth-order valence-electron chi connectivity index (χ4n) is 2.38. The Bertz CT molecular complexity index is 1020. The molecule has 1 heterocycles. The minimum atomic E-state index is -4.85. The fourth-order valence-corrected chi connectivity index (χ4v) is 3.73. The Morgan fingerprint density at radius 2 is 1.62 bits per heavy atom. The molecule has 0 amide bonds. The molecule has 126 valence electrons. The quantitative estimate of drug-likeness (QED) is 0.640. The minimum Gasteiger partial charge on any atom is -0.241 e. The molecule has 0 saturated carbocycles. The molecule has 0 spiro atoms. The first-order chi connectivity index (χ1) is 11.1. The van der Waals surface area contributed by atoms with Gasteiger partial charge in [0.05, 0.1) is 16.0 Å². The molecule has 3 rings (SSSR count). The highest BCUT2D eigenvalue weighted by Crippen LogP contribution is 2.34. The van der Waals surface area contributed by atoms with E-state index in [0.717, 1.165) is 15.7 Å². The van der Waals surface area contributed by atoms with Gasteiger partial charge in [-0.15, -0.1) is 0 Å². The normalized spacial score (nSPS) is 12.7. The number of hydrogen-bond acceptors (Lipinski definition) is 2. The van der Waals surface area contributed by atoms with Crippen molar-refractivity contribution in [1.29, 1.82) is 0 Å². The van der Waals surface area contributed by atoms with Gasteiger partial charge in [0.25, 0.3) is 10.0 Å². The molecule has 1 aromatic heterocycles. The lowest BCUT2D eigenvalue weighted by atomic mass is 10.1. The second-order valence-electron chi connectivity index (χ2n) is 5.32. The van der Waals surface area contributed by atoms with Crippen LogP contribution in [-0.2, 0) is 16.2 Å². The highest BCUT2D eigenvalue weighted by Gasteiger charge is 2.35. The Kier molecular flexibility index (Phi) is 3.67. The maximum atomic E-state index is 13.8. The molecule has 24 heavy (non-hydrogen) atoms. The first-order valence-corrected chi connectivity index (χ1v) is 8.25. The Morgan fingerprint density at radius 3 is 2.21 bits per heavy atom. The predicted molar refractivity (Wildman–Crippen MR) is 80.7 cm³/mol. The minimum absolute atomic E-state index is 0.0144. The number of aryl methyl sites for hydroxylation is 1. The van der Waals surface area contributed by atoms with Gasteiger partial charge in [0.1, 0.15) is 5.82 Å². The van der Waals surface area contributed by atoms with Crippen LogP contribution in [-0.4, -0.2) is 12.4 Å². The molecule has 0 N–H and O–H groups in total. The molecular formula is C16H11F4NO2S. The number of hydrogen-bond donors (Lipinski definition) is 0. The fraction of sp³-hybridized carbons (Fsp3) is 0.125. The first kappa shape index (κ1) is 16.5. The van der Waals surface area contributed by atoms with Crippen LogP contribution in [0, 0.1) is 12.7 Å². The maximum absolute atomic E-state index is 13.8. The lowest BCUT2D eigenvalue weighted by molar-refractivity contribution is -0.139. The molecule has 0 aliphatic carbocycles. The van der Waals surface area contributed by atoms with Crippen molar-refractivity contribution in [1.82, 2.24) is 3.97 Å². The molecule has 0 bridgehead atoms. The molecule has 0 aliphatic rings. The summed E-state index contributed by atoms with van der Waals surface area (Å²) in [4.78, 5) is -0.0362. The van der Waals surface area contributed by atoms with E-state index in [9.17, 15) is 26.0 Å². The smallest absolute Gasteiger partial charge is 0.241 e. The molecule has 3 nitrogen and oxygen atoms in total. The number of aromatic nitrogens is 1. The Balaban J connectivity index is 2.21. The summed E-state index contributed by atoms with van der Waals surface area (Å²) in [6, 6.07) is 8.36. The summed E-state index contributed by atoms with van der Waals surface area (Å²) in [5.74, 6) is -1.52. The first-order valence-electron chi connectivity index (χ1n) is 6.81. The van der Waals surface area contributed by atoms with Crippen LogP contribution in [0.4, 0.5) is 17.6 Å². The van der Waals surface area contributed by atoms with Gasteiger partial charge in [0.15, 0.2) is 0 Å². The Morgan fingerprint density at radius 1 is 1.00 bits per heavy atom. The largest absolute Gasteiger partial charge is 0.419 e. The van der Waals surface area contributed by atoms with Gasteiger partial charge in [-0.25, -0.2) is 16.8 Å². The average Bonchev–Trinajstić information content (AvgIpc) is 2.89. The second kappa shape index (κ2) is 5.34. The van der Waals surface area contributed by atoms with E-state index < -0.39 is 27.6 Å². The Labute approximate surface area is 135 Å². The van der Waals surface area contributed by atoms with Crippen LogP contribution in [0.3, 0.4) is 0 Å². The maximum Gasteiger partial charge on any atom is 0.419 e. The summed E-state index contributed by atoms with van der Waals surface area (Å²) >= 11 is 0. The summed E-state index contributed by atoms with van der Waals surface area (Å²) in [6.07, 6.45) is -3.74. The summed E-state index contributed by atoms with van der Waals surface area (Å²) in [5, 5.41) is -0.0144. The summed E-state index contributed by atoms with van der Waals surface area (Å²) in [7, 11) is -4.04. The van der Waals surface area contributed by atoms with Crippen molar-refractivity contribution >= 4 is 20.9 Å². The molecule has 0 saturated heterocycles. The molecular weight excluding hydrogens is 346 g/mol. The number of halogens is 4. The third kappa shape index (κ3) is 2.66. The van der Waals surface area contributed by atoms with E-state index in [1.165, 1.54) is 18.2 Å². The van der Waals surface area contributed by atoms with E-state index in [0.29, 0.717) is 12.1 Å². The van der Waals surface area contributed by atoms with Crippen LogP contribution in [0.5, 0.6) is 0 Å². The standard InChI is InChI=1S/C16H11F4NO2S/c1-10-2-4-12(5-3-10)24(22,23)21-7-6-11-8-13(16(18,19)20)14(17)9-15(11)21/h2-9H,1H3. The third-order valence-corrected chi connectivity index (χ3v) is 5.33. The summed E-state index contributed by atoms with van der Waals surface area (Å²) < 4.78 is 78.1. The van der Waals surface area contributed by atoms with Crippen LogP contribution in [0.1, 0.15) is 11.1 Å². The van der Waals surface area contributed by atoms with Crippen molar-refractivity contribution in [2.75, 3.05) is 0 Å². The van der Waals surface area contributed by atoms with Crippen molar-refractivity contribution in [3.8, 4) is 0 Å². The van der Waals surface area contributed by atoms with Gasteiger partial charge in [-0.1, -0.05) is 17.7 Å². The van der Waals surface area contributed by atoms with E-state index in [1.807, 2.05) is 0 Å². The van der Waals surface area contributed by atoms with E-state index in [4.69, 9.17) is 0 Å². The average molecular weight is 357 g/mol. The lowest BCUT2D eigenvalue weighted by Crippen LogP contribution is -2.13. The second-order valence-corrected chi connectivity index (χ2v) is 7.13. The third-order valence-electron chi connectivity index (χ3n) is 3.63. The van der Waals surface area contributed by atoms with Crippen LogP contribution < -0.4 is 0 Å². The van der Waals surface area contributed by atoms with E-state index in [2.05, 4.69) is 0 Å². The van der Waals surface area contributed by atoms with Crippen LogP contribution >= 0.6 is 0 Å². The predicted octanol–water partition coefficient (Wildman–Crippen LogP) is 4.34. The molecule has 8 heteroatoms. The molecule has 3 aromatic rings. The van der Waals surface area contributed by atoms with E-state index in [1.54, 1.807) is 19.1 Å². The molecule has 0 radical (unpaired) electrons. The lowest BCUT2D eigenvalue weighted by Gasteiger charge is -2.10. The van der Waals surface area contributed by atoms with Crippen molar-refractivity contribution in [2.45, 2.75) is 18.0 Å². The van der Waals surface area contributed by atoms with Gasteiger partial charge in [-0.05, 0) is 37.3 Å². The topological polar surface area (TPSA) is 39.1 Å². The van der Waals surface area contributed by atoms with Gasteiger partial charge in [0.2, 0.25) is 0 Å². The van der Waals surface area contributed by atoms with Crippen LogP contribution in [0.25, 0.3) is 10.9 Å². The van der Waals surface area contributed by atoms with Crippen molar-refractivity contribution in [2.24, 2.45) is 0 Å². The molecule has 0 atom stereocenters. The number of rotatable bonds is 2. The summed E-state index contributed by atoms with van der Waals surface area (Å²) in [5.41, 5.74) is -0.728. The van der Waals surface area contributed by atoms with Gasteiger partial charge in [-0.3, -0.25) is 0 Å². The summed E-state index contributed by atoms with van der Waals surface area (Å²) in [6.45, 7) is 1.79. The molecule has 0 aliphatic heterocycles.